The molecule has 4 heteroatoms. The number of halogens is 1. The van der Waals surface area contributed by atoms with Gasteiger partial charge in [0.25, 0.3) is 0 Å². The standard InChI is InChI=1S/C12H10BrNO2/c1-16-10-3-2-8(13)6-9(10)11(15)12(7-14)4-5-12/h2-3,6H,4-5H2,1H3. The van der Waals surface area contributed by atoms with Crippen LogP contribution in [0.5, 0.6) is 5.75 Å². The molecule has 1 saturated carbocycles. The topological polar surface area (TPSA) is 50.1 Å². The van der Waals surface area contributed by atoms with Crippen molar-refractivity contribution >= 4 is 21.7 Å². The Kier molecular flexibility index (Phi) is 2.73. The molecule has 0 atom stereocenters. The van der Waals surface area contributed by atoms with Crippen LogP contribution >= 0.6 is 15.9 Å². The van der Waals surface area contributed by atoms with E-state index >= 15 is 0 Å². The van der Waals surface area contributed by atoms with Crippen molar-refractivity contribution in [1.29, 1.82) is 5.26 Å². The first-order valence-corrected chi connectivity index (χ1v) is 5.72. The zero-order valence-electron chi connectivity index (χ0n) is 8.79. The molecule has 0 spiro atoms. The molecule has 0 aliphatic heterocycles. The lowest BCUT2D eigenvalue weighted by Crippen LogP contribution is -2.14. The number of ketones is 1. The molecule has 16 heavy (non-hydrogen) atoms. The van der Waals surface area contributed by atoms with Crippen LogP contribution < -0.4 is 4.74 Å². The normalized spacial score (nSPS) is 16.3. The lowest BCUT2D eigenvalue weighted by molar-refractivity contribution is 0.0931. The smallest absolute Gasteiger partial charge is 0.186 e. The minimum absolute atomic E-state index is 0.131. The predicted molar refractivity (Wildman–Crippen MR) is 62.3 cm³/mol. The van der Waals surface area contributed by atoms with Crippen LogP contribution in [0.1, 0.15) is 23.2 Å². The van der Waals surface area contributed by atoms with Gasteiger partial charge >= 0.3 is 0 Å². The maximum atomic E-state index is 12.2. The summed E-state index contributed by atoms with van der Waals surface area (Å²) in [5.41, 5.74) is -0.315. The molecule has 0 heterocycles. The van der Waals surface area contributed by atoms with Gasteiger partial charge < -0.3 is 4.74 Å². The summed E-state index contributed by atoms with van der Waals surface area (Å²) in [5.74, 6) is 0.392. The highest BCUT2D eigenvalue weighted by atomic mass is 79.9. The second kappa shape index (κ2) is 3.91. The SMILES string of the molecule is COc1ccc(Br)cc1C(=O)C1(C#N)CC1. The Hall–Kier alpha value is -1.34. The Balaban J connectivity index is 2.44. The molecule has 1 aromatic carbocycles. The third kappa shape index (κ3) is 1.72. The summed E-state index contributed by atoms with van der Waals surface area (Å²) in [6, 6.07) is 7.34. The molecule has 3 nitrogen and oxygen atoms in total. The highest BCUT2D eigenvalue weighted by molar-refractivity contribution is 9.10. The summed E-state index contributed by atoms with van der Waals surface area (Å²) in [4.78, 5) is 12.2. The fourth-order valence-corrected chi connectivity index (χ4v) is 1.99. The van der Waals surface area contributed by atoms with Gasteiger partial charge in [0.15, 0.2) is 5.78 Å². The van der Waals surface area contributed by atoms with Crippen LogP contribution in [-0.2, 0) is 0 Å². The van der Waals surface area contributed by atoms with Crippen molar-refractivity contribution in [2.45, 2.75) is 12.8 Å². The number of rotatable bonds is 3. The van der Waals surface area contributed by atoms with E-state index in [9.17, 15) is 4.79 Å². The quantitative estimate of drug-likeness (QED) is 0.800. The van der Waals surface area contributed by atoms with E-state index in [1.54, 1.807) is 12.1 Å². The lowest BCUT2D eigenvalue weighted by Gasteiger charge is -2.10. The highest BCUT2D eigenvalue weighted by Gasteiger charge is 2.51. The summed E-state index contributed by atoms with van der Waals surface area (Å²) in [7, 11) is 1.52. The minimum Gasteiger partial charge on any atom is -0.496 e. The van der Waals surface area contributed by atoms with E-state index in [2.05, 4.69) is 22.0 Å². The molecule has 2 rings (SSSR count). The van der Waals surface area contributed by atoms with Gasteiger partial charge in [-0.15, -0.1) is 0 Å². The number of nitrogens with zero attached hydrogens (tertiary/aromatic N) is 1. The van der Waals surface area contributed by atoms with Gasteiger partial charge in [-0.25, -0.2) is 0 Å². The molecule has 0 N–H and O–H groups in total. The number of benzene rings is 1. The van der Waals surface area contributed by atoms with E-state index in [1.165, 1.54) is 7.11 Å². The van der Waals surface area contributed by atoms with Crippen molar-refractivity contribution in [3.8, 4) is 11.8 Å². The Morgan fingerprint density at radius 2 is 2.25 bits per heavy atom. The maximum absolute atomic E-state index is 12.2. The van der Waals surface area contributed by atoms with E-state index in [0.29, 0.717) is 24.2 Å². The van der Waals surface area contributed by atoms with E-state index in [1.807, 2.05) is 6.07 Å². The molecule has 1 fully saturated rings. The van der Waals surface area contributed by atoms with Crippen molar-refractivity contribution in [1.82, 2.24) is 0 Å². The Morgan fingerprint density at radius 3 is 2.75 bits per heavy atom. The summed E-state index contributed by atoms with van der Waals surface area (Å²) >= 11 is 3.31. The van der Waals surface area contributed by atoms with Crippen molar-refractivity contribution in [2.75, 3.05) is 7.11 Å². The third-order valence-electron chi connectivity index (χ3n) is 2.80. The van der Waals surface area contributed by atoms with Gasteiger partial charge in [-0.1, -0.05) is 15.9 Å². The first-order valence-electron chi connectivity index (χ1n) is 4.92. The van der Waals surface area contributed by atoms with Gasteiger partial charge in [0.05, 0.1) is 18.7 Å². The van der Waals surface area contributed by atoms with Crippen LogP contribution in [0.15, 0.2) is 22.7 Å². The van der Waals surface area contributed by atoms with Gasteiger partial charge in [0, 0.05) is 4.47 Å². The van der Waals surface area contributed by atoms with Crippen LogP contribution in [-0.4, -0.2) is 12.9 Å². The first-order chi connectivity index (χ1) is 7.63. The van der Waals surface area contributed by atoms with Gasteiger partial charge in [0.1, 0.15) is 11.2 Å². The molecule has 0 saturated heterocycles. The molecule has 1 aromatic rings. The summed E-state index contributed by atoms with van der Waals surface area (Å²) in [6.45, 7) is 0. The van der Waals surface area contributed by atoms with Crippen LogP contribution in [0.2, 0.25) is 0 Å². The third-order valence-corrected chi connectivity index (χ3v) is 3.30. The van der Waals surface area contributed by atoms with Crippen molar-refractivity contribution < 1.29 is 9.53 Å². The predicted octanol–water partition coefficient (Wildman–Crippen LogP) is 2.94. The number of hydrogen-bond donors (Lipinski definition) is 0. The molecule has 0 aromatic heterocycles. The highest BCUT2D eigenvalue weighted by Crippen LogP contribution is 2.48. The van der Waals surface area contributed by atoms with E-state index < -0.39 is 5.41 Å². The second-order valence-corrected chi connectivity index (χ2v) is 4.78. The van der Waals surface area contributed by atoms with Gasteiger partial charge in [-0.2, -0.15) is 5.26 Å². The molecule has 1 aliphatic rings. The minimum atomic E-state index is -0.798. The number of ether oxygens (including phenoxy) is 1. The average molecular weight is 280 g/mol. The fourth-order valence-electron chi connectivity index (χ4n) is 1.63. The number of carbonyl (C=O) groups is 1. The monoisotopic (exact) mass is 279 g/mol. The molecule has 0 unspecified atom stereocenters. The van der Waals surface area contributed by atoms with Gasteiger partial charge in [-0.05, 0) is 31.0 Å². The van der Waals surface area contributed by atoms with E-state index in [4.69, 9.17) is 10.00 Å². The van der Waals surface area contributed by atoms with Crippen LogP contribution in [0.25, 0.3) is 0 Å². The second-order valence-electron chi connectivity index (χ2n) is 3.87. The number of carbonyl (C=O) groups excluding carboxylic acids is 1. The summed E-state index contributed by atoms with van der Waals surface area (Å²) < 4.78 is 5.95. The molecular weight excluding hydrogens is 270 g/mol. The van der Waals surface area contributed by atoms with E-state index in [-0.39, 0.29) is 5.78 Å². The molecule has 0 bridgehead atoms. The van der Waals surface area contributed by atoms with Crippen LogP contribution in [0.4, 0.5) is 0 Å². The average Bonchev–Trinajstić information content (AvgIpc) is 3.09. The molecular formula is C12H10BrNO2. The van der Waals surface area contributed by atoms with Crippen molar-refractivity contribution in [3.63, 3.8) is 0 Å². The number of nitriles is 1. The molecule has 0 amide bonds. The molecule has 0 radical (unpaired) electrons. The number of hydrogen-bond acceptors (Lipinski definition) is 3. The van der Waals surface area contributed by atoms with Gasteiger partial charge in [-0.3, -0.25) is 4.79 Å². The number of Topliss-reactive ketones (excluding diaryl/α,β-unsaturated/α-hetero) is 1. The molecule has 82 valence electrons. The lowest BCUT2D eigenvalue weighted by atomic mass is 9.95. The summed E-state index contributed by atoms with van der Waals surface area (Å²) in [5, 5.41) is 9.00. The largest absolute Gasteiger partial charge is 0.496 e. The van der Waals surface area contributed by atoms with Gasteiger partial charge in [0.2, 0.25) is 0 Å². The summed E-state index contributed by atoms with van der Waals surface area (Å²) in [6.07, 6.45) is 1.30. The van der Waals surface area contributed by atoms with Crippen LogP contribution in [0, 0.1) is 16.7 Å². The van der Waals surface area contributed by atoms with Crippen molar-refractivity contribution in [3.05, 3.63) is 28.2 Å². The Bertz CT molecular complexity index is 486. The Labute approximate surface area is 102 Å². The molecule has 1 aliphatic carbocycles. The maximum Gasteiger partial charge on any atom is 0.186 e. The van der Waals surface area contributed by atoms with Crippen LogP contribution in [0.3, 0.4) is 0 Å². The fraction of sp³-hybridized carbons (Fsp3) is 0.333. The van der Waals surface area contributed by atoms with Crippen molar-refractivity contribution in [2.24, 2.45) is 5.41 Å². The first kappa shape index (κ1) is 11.2. The number of methoxy groups -OCH3 is 1. The zero-order valence-corrected chi connectivity index (χ0v) is 10.4. The Morgan fingerprint density at radius 1 is 1.56 bits per heavy atom. The van der Waals surface area contributed by atoms with E-state index in [0.717, 1.165) is 4.47 Å². The zero-order chi connectivity index (χ0) is 11.8.